The molecule has 2 unspecified atom stereocenters. The molecule has 5 atom stereocenters. The monoisotopic (exact) mass is 509 g/mol. The number of carbonyl (C=O) groups is 2. The number of fused-ring (bicyclic) bond motifs is 1. The zero-order valence-corrected chi connectivity index (χ0v) is 23.4. The Balaban J connectivity index is 1.47. The number of ether oxygens (including phenoxy) is 1. The third kappa shape index (κ3) is 5.40. The van der Waals surface area contributed by atoms with Crippen molar-refractivity contribution in [2.75, 3.05) is 14.2 Å². The molecular formula is C28H39N3O4Si. The fourth-order valence-corrected chi connectivity index (χ4v) is 6.43. The Bertz CT molecular complexity index is 1100. The molecule has 0 saturated heterocycles. The number of aromatic nitrogens is 1. The van der Waals surface area contributed by atoms with E-state index in [1.165, 1.54) is 0 Å². The molecule has 2 aliphatic carbocycles. The van der Waals surface area contributed by atoms with E-state index in [1.54, 1.807) is 26.3 Å². The van der Waals surface area contributed by atoms with Crippen LogP contribution in [0, 0.1) is 11.8 Å². The third-order valence-corrected chi connectivity index (χ3v) is 12.7. The van der Waals surface area contributed by atoms with Crippen molar-refractivity contribution >= 4 is 20.1 Å². The van der Waals surface area contributed by atoms with Crippen LogP contribution in [0.5, 0.6) is 0 Å². The Morgan fingerprint density at radius 3 is 2.25 bits per heavy atom. The van der Waals surface area contributed by atoms with Crippen molar-refractivity contribution in [3.05, 3.63) is 65.0 Å². The maximum Gasteiger partial charge on any atom is 0.269 e. The van der Waals surface area contributed by atoms with Gasteiger partial charge in [-0.1, -0.05) is 51.1 Å². The van der Waals surface area contributed by atoms with Crippen LogP contribution in [0.3, 0.4) is 0 Å². The standard InChI is InChI=1S/C28H39N3O4Si/c1-28(2,3)36(6,7)35-19-15-20-21(16-19)24(20)31-26(32)18-13-22(30-23(14-18)27(33)29-4)25(34-5)17-11-9-8-10-12-17/h8-14,19-21,24-25H,15-16H2,1-7H3,(H,29,33)(H,31,32)/t19?,20-,21+,24+,25?. The molecule has 1 aromatic heterocycles. The van der Waals surface area contributed by atoms with Crippen LogP contribution in [-0.2, 0) is 9.16 Å². The van der Waals surface area contributed by atoms with Crippen molar-refractivity contribution in [3.8, 4) is 0 Å². The topological polar surface area (TPSA) is 89.6 Å². The highest BCUT2D eigenvalue weighted by atomic mass is 28.4. The number of nitrogens with zero attached hydrogens (tertiary/aromatic N) is 1. The van der Waals surface area contributed by atoms with Crippen molar-refractivity contribution in [2.45, 2.75) is 70.0 Å². The van der Waals surface area contributed by atoms with Gasteiger partial charge in [-0.25, -0.2) is 4.98 Å². The molecule has 2 N–H and O–H groups in total. The lowest BCUT2D eigenvalue weighted by Gasteiger charge is -2.39. The first-order valence-electron chi connectivity index (χ1n) is 12.8. The van der Waals surface area contributed by atoms with Crippen LogP contribution < -0.4 is 10.6 Å². The van der Waals surface area contributed by atoms with Gasteiger partial charge in [-0.05, 0) is 60.5 Å². The highest BCUT2D eigenvalue weighted by molar-refractivity contribution is 6.74. The van der Waals surface area contributed by atoms with E-state index in [1.807, 2.05) is 30.3 Å². The normalized spacial score (nSPS) is 24.1. The van der Waals surface area contributed by atoms with E-state index >= 15 is 0 Å². The van der Waals surface area contributed by atoms with Crippen molar-refractivity contribution in [1.82, 2.24) is 15.6 Å². The molecule has 0 bridgehead atoms. The number of benzene rings is 1. The summed E-state index contributed by atoms with van der Waals surface area (Å²) in [6.45, 7) is 11.4. The Morgan fingerprint density at radius 1 is 1.06 bits per heavy atom. The Hall–Kier alpha value is -2.55. The van der Waals surface area contributed by atoms with Gasteiger partial charge in [0.25, 0.3) is 11.8 Å². The van der Waals surface area contributed by atoms with Gasteiger partial charge in [0.1, 0.15) is 11.8 Å². The molecule has 0 spiro atoms. The fourth-order valence-electron chi connectivity index (χ4n) is 5.05. The van der Waals surface area contributed by atoms with Gasteiger partial charge in [-0.15, -0.1) is 0 Å². The number of hydrogen-bond acceptors (Lipinski definition) is 5. The van der Waals surface area contributed by atoms with Crippen LogP contribution in [0.25, 0.3) is 0 Å². The van der Waals surface area contributed by atoms with E-state index in [-0.39, 0.29) is 34.7 Å². The number of pyridine rings is 1. The van der Waals surface area contributed by atoms with Gasteiger partial charge in [0.15, 0.2) is 8.32 Å². The van der Waals surface area contributed by atoms with Crippen LogP contribution in [0.1, 0.15) is 71.8 Å². The minimum atomic E-state index is -1.80. The van der Waals surface area contributed by atoms with Gasteiger partial charge >= 0.3 is 0 Å². The Kier molecular flexibility index (Phi) is 7.42. The number of hydrogen-bond donors (Lipinski definition) is 2. The molecule has 7 nitrogen and oxygen atoms in total. The van der Waals surface area contributed by atoms with Crippen molar-refractivity contribution in [2.24, 2.45) is 11.8 Å². The van der Waals surface area contributed by atoms with Gasteiger partial charge in [0, 0.05) is 31.9 Å². The van der Waals surface area contributed by atoms with Crippen LogP contribution in [0.4, 0.5) is 0 Å². The molecule has 8 heteroatoms. The molecule has 2 fully saturated rings. The lowest BCUT2D eigenvalue weighted by Crippen LogP contribution is -2.44. The maximum atomic E-state index is 13.3. The lowest BCUT2D eigenvalue weighted by molar-refractivity contribution is 0.0937. The maximum absolute atomic E-state index is 13.3. The highest BCUT2D eigenvalue weighted by Gasteiger charge is 2.58. The quantitative estimate of drug-likeness (QED) is 0.503. The summed E-state index contributed by atoms with van der Waals surface area (Å²) < 4.78 is 12.3. The van der Waals surface area contributed by atoms with E-state index in [4.69, 9.17) is 9.16 Å². The summed E-state index contributed by atoms with van der Waals surface area (Å²) in [5.74, 6) is 0.384. The lowest BCUT2D eigenvalue weighted by atomic mass is 10.0. The zero-order valence-electron chi connectivity index (χ0n) is 22.4. The predicted octanol–water partition coefficient (Wildman–Crippen LogP) is 4.71. The average molecular weight is 510 g/mol. The van der Waals surface area contributed by atoms with Crippen LogP contribution >= 0.6 is 0 Å². The first-order chi connectivity index (χ1) is 16.9. The molecule has 1 aromatic carbocycles. The second-order valence-corrected chi connectivity index (χ2v) is 16.3. The number of nitrogens with one attached hydrogen (secondary N) is 2. The van der Waals surface area contributed by atoms with E-state index in [0.29, 0.717) is 23.1 Å². The molecule has 2 aliphatic rings. The summed E-state index contributed by atoms with van der Waals surface area (Å²) in [6.07, 6.45) is 1.78. The smallest absolute Gasteiger partial charge is 0.269 e. The SMILES string of the molecule is CNC(=O)c1cc(C(=O)N[C@H]2[C@@H]3CC(O[Si](C)(C)C(C)(C)C)C[C@@H]32)cc(C(OC)c2ccccc2)n1. The second kappa shape index (κ2) is 10.1. The van der Waals surface area contributed by atoms with E-state index < -0.39 is 14.4 Å². The molecular weight excluding hydrogens is 470 g/mol. The fraction of sp³-hybridized carbons (Fsp3) is 0.536. The Morgan fingerprint density at radius 2 is 1.69 bits per heavy atom. The van der Waals surface area contributed by atoms with Crippen molar-refractivity contribution < 1.29 is 18.8 Å². The van der Waals surface area contributed by atoms with Crippen molar-refractivity contribution in [3.63, 3.8) is 0 Å². The summed E-state index contributed by atoms with van der Waals surface area (Å²) in [7, 11) is 1.35. The number of amides is 2. The van der Waals surface area contributed by atoms with Gasteiger partial charge in [0.05, 0.1) is 5.69 Å². The number of carbonyl (C=O) groups excluding carboxylic acids is 2. The first-order valence-corrected chi connectivity index (χ1v) is 15.7. The molecule has 2 aromatic rings. The molecule has 2 amide bonds. The predicted molar refractivity (Wildman–Crippen MR) is 142 cm³/mol. The van der Waals surface area contributed by atoms with Gasteiger partial charge in [-0.3, -0.25) is 9.59 Å². The molecule has 2 saturated carbocycles. The minimum absolute atomic E-state index is 0.157. The van der Waals surface area contributed by atoms with Gasteiger partial charge < -0.3 is 19.8 Å². The van der Waals surface area contributed by atoms with Gasteiger partial charge in [-0.2, -0.15) is 0 Å². The third-order valence-electron chi connectivity index (χ3n) is 8.14. The molecule has 4 rings (SSSR count). The highest BCUT2D eigenvalue weighted by Crippen LogP contribution is 2.54. The van der Waals surface area contributed by atoms with Gasteiger partial charge in [0.2, 0.25) is 0 Å². The zero-order chi connectivity index (χ0) is 26.3. The largest absolute Gasteiger partial charge is 0.414 e. The van der Waals surface area contributed by atoms with Crippen LogP contribution in [-0.4, -0.2) is 51.4 Å². The molecule has 0 radical (unpaired) electrons. The van der Waals surface area contributed by atoms with Crippen LogP contribution in [0.15, 0.2) is 42.5 Å². The minimum Gasteiger partial charge on any atom is -0.414 e. The van der Waals surface area contributed by atoms with E-state index in [2.05, 4.69) is 49.5 Å². The van der Waals surface area contributed by atoms with E-state index in [9.17, 15) is 9.59 Å². The van der Waals surface area contributed by atoms with Crippen LogP contribution in [0.2, 0.25) is 18.1 Å². The molecule has 1 heterocycles. The molecule has 0 aliphatic heterocycles. The summed E-state index contributed by atoms with van der Waals surface area (Å²) in [6, 6.07) is 13.1. The number of methoxy groups -OCH3 is 1. The summed E-state index contributed by atoms with van der Waals surface area (Å²) >= 11 is 0. The average Bonchev–Trinajstić information content (AvgIpc) is 3.27. The van der Waals surface area contributed by atoms with Crippen molar-refractivity contribution in [1.29, 1.82) is 0 Å². The second-order valence-electron chi connectivity index (χ2n) is 11.6. The summed E-state index contributed by atoms with van der Waals surface area (Å²) in [4.78, 5) is 30.3. The summed E-state index contributed by atoms with van der Waals surface area (Å²) in [5, 5.41) is 6.01. The van der Waals surface area contributed by atoms with E-state index in [0.717, 1.165) is 18.4 Å². The first kappa shape index (κ1) is 26.5. The molecule has 36 heavy (non-hydrogen) atoms. The Labute approximate surface area is 215 Å². The molecule has 194 valence electrons. The number of rotatable bonds is 8. The summed E-state index contributed by atoms with van der Waals surface area (Å²) in [5.41, 5.74) is 2.03.